The van der Waals surface area contributed by atoms with Crippen molar-refractivity contribution in [3.63, 3.8) is 0 Å². The van der Waals surface area contributed by atoms with E-state index < -0.39 is 0 Å². The number of methoxy groups -OCH3 is 1. The Morgan fingerprint density at radius 1 is 1.19 bits per heavy atom. The van der Waals surface area contributed by atoms with Gasteiger partial charge < -0.3 is 14.6 Å². The van der Waals surface area contributed by atoms with Gasteiger partial charge in [0.2, 0.25) is 0 Å². The fourth-order valence-corrected chi connectivity index (χ4v) is 4.55. The lowest BCUT2D eigenvalue weighted by atomic mass is 9.79. The van der Waals surface area contributed by atoms with Crippen molar-refractivity contribution in [2.45, 2.75) is 25.8 Å². The Morgan fingerprint density at radius 2 is 2.12 bits per heavy atom. The molecular formula is C21H27N3O2. The molecule has 26 heavy (non-hydrogen) atoms. The van der Waals surface area contributed by atoms with Gasteiger partial charge in [0.25, 0.3) is 5.91 Å². The first-order valence-electron chi connectivity index (χ1n) is 9.45. The highest BCUT2D eigenvalue weighted by Gasteiger charge is 2.42. The number of hydrogen-bond acceptors (Lipinski definition) is 3. The lowest BCUT2D eigenvalue weighted by molar-refractivity contribution is 0.0671. The van der Waals surface area contributed by atoms with Crippen LogP contribution in [0.1, 0.15) is 35.3 Å². The third kappa shape index (κ3) is 3.49. The summed E-state index contributed by atoms with van der Waals surface area (Å²) in [4.78, 5) is 20.3. The lowest BCUT2D eigenvalue weighted by Gasteiger charge is -2.40. The lowest BCUT2D eigenvalue weighted by Crippen LogP contribution is -2.45. The predicted octanol–water partition coefficient (Wildman–Crippen LogP) is 3.15. The molecule has 0 aliphatic carbocycles. The number of aromatic amines is 1. The maximum absolute atomic E-state index is 12.6. The molecule has 1 unspecified atom stereocenters. The van der Waals surface area contributed by atoms with E-state index >= 15 is 0 Å². The SMILES string of the molecule is COc1cccc(CN2CCCC3(CCN(C(=O)c4ccc[nH]4)C3)C2)c1. The average Bonchev–Trinajstić information content (AvgIpc) is 3.32. The molecule has 2 aliphatic rings. The number of benzene rings is 1. The number of likely N-dealkylation sites (tertiary alicyclic amines) is 2. The topological polar surface area (TPSA) is 48.6 Å². The van der Waals surface area contributed by atoms with E-state index in [1.54, 1.807) is 7.11 Å². The highest BCUT2D eigenvalue weighted by molar-refractivity contribution is 5.92. The number of carbonyl (C=O) groups excluding carboxylic acids is 1. The number of nitrogens with one attached hydrogen (secondary N) is 1. The van der Waals surface area contributed by atoms with E-state index in [1.165, 1.54) is 18.4 Å². The molecule has 1 amide bonds. The monoisotopic (exact) mass is 353 g/mol. The quantitative estimate of drug-likeness (QED) is 0.919. The van der Waals surface area contributed by atoms with E-state index in [-0.39, 0.29) is 11.3 Å². The number of nitrogens with zero attached hydrogens (tertiary/aromatic N) is 2. The highest BCUT2D eigenvalue weighted by atomic mass is 16.5. The number of piperidine rings is 1. The summed E-state index contributed by atoms with van der Waals surface area (Å²) in [6, 6.07) is 12.1. The van der Waals surface area contributed by atoms with Crippen molar-refractivity contribution in [2.24, 2.45) is 5.41 Å². The summed E-state index contributed by atoms with van der Waals surface area (Å²) in [7, 11) is 1.71. The average molecular weight is 353 g/mol. The summed E-state index contributed by atoms with van der Waals surface area (Å²) in [5.41, 5.74) is 2.24. The summed E-state index contributed by atoms with van der Waals surface area (Å²) in [5, 5.41) is 0. The number of ether oxygens (including phenoxy) is 1. The van der Waals surface area contributed by atoms with Crippen molar-refractivity contribution in [1.82, 2.24) is 14.8 Å². The summed E-state index contributed by atoms with van der Waals surface area (Å²) in [6.45, 7) is 4.89. The van der Waals surface area contributed by atoms with E-state index in [9.17, 15) is 4.79 Å². The van der Waals surface area contributed by atoms with Crippen LogP contribution in [0.15, 0.2) is 42.6 Å². The second-order valence-electron chi connectivity index (χ2n) is 7.73. The number of H-pyrrole nitrogens is 1. The largest absolute Gasteiger partial charge is 0.497 e. The molecule has 1 aromatic heterocycles. The van der Waals surface area contributed by atoms with Gasteiger partial charge in [0, 0.05) is 37.8 Å². The number of aromatic nitrogens is 1. The van der Waals surface area contributed by atoms with Gasteiger partial charge in [-0.2, -0.15) is 0 Å². The molecule has 0 bridgehead atoms. The minimum atomic E-state index is 0.136. The minimum absolute atomic E-state index is 0.136. The van der Waals surface area contributed by atoms with Crippen LogP contribution in [0.4, 0.5) is 0 Å². The molecule has 1 spiro atoms. The summed E-state index contributed by atoms with van der Waals surface area (Å²) < 4.78 is 5.35. The van der Waals surface area contributed by atoms with Crippen LogP contribution in [-0.2, 0) is 6.54 Å². The number of rotatable bonds is 4. The Balaban J connectivity index is 1.41. The molecule has 5 heteroatoms. The van der Waals surface area contributed by atoms with Crippen LogP contribution in [0.25, 0.3) is 0 Å². The molecule has 1 N–H and O–H groups in total. The molecule has 0 radical (unpaired) electrons. The maximum Gasteiger partial charge on any atom is 0.270 e. The Kier molecular flexibility index (Phi) is 4.72. The Hall–Kier alpha value is -2.27. The molecule has 138 valence electrons. The molecule has 2 fully saturated rings. The Labute approximate surface area is 154 Å². The molecule has 2 aromatic rings. The molecule has 4 rings (SSSR count). The first kappa shape index (κ1) is 17.2. The summed E-state index contributed by atoms with van der Waals surface area (Å²) in [5.74, 6) is 1.05. The summed E-state index contributed by atoms with van der Waals surface area (Å²) >= 11 is 0. The molecule has 1 atom stereocenters. The van der Waals surface area contributed by atoms with E-state index in [1.807, 2.05) is 29.3 Å². The van der Waals surface area contributed by atoms with Crippen molar-refractivity contribution < 1.29 is 9.53 Å². The smallest absolute Gasteiger partial charge is 0.270 e. The van der Waals surface area contributed by atoms with Crippen LogP contribution in [0, 0.1) is 5.41 Å². The van der Waals surface area contributed by atoms with Crippen molar-refractivity contribution in [1.29, 1.82) is 0 Å². The zero-order valence-electron chi connectivity index (χ0n) is 15.4. The third-order valence-corrected chi connectivity index (χ3v) is 5.83. The predicted molar refractivity (Wildman–Crippen MR) is 101 cm³/mol. The van der Waals surface area contributed by atoms with Gasteiger partial charge in [-0.25, -0.2) is 0 Å². The van der Waals surface area contributed by atoms with Crippen LogP contribution in [0.5, 0.6) is 5.75 Å². The first-order chi connectivity index (χ1) is 12.7. The van der Waals surface area contributed by atoms with Crippen molar-refractivity contribution in [3.8, 4) is 5.75 Å². The maximum atomic E-state index is 12.6. The zero-order chi connectivity index (χ0) is 18.0. The second-order valence-corrected chi connectivity index (χ2v) is 7.73. The van der Waals surface area contributed by atoms with Gasteiger partial charge >= 0.3 is 0 Å². The van der Waals surface area contributed by atoms with Crippen LogP contribution in [-0.4, -0.2) is 54.0 Å². The minimum Gasteiger partial charge on any atom is -0.497 e. The fraction of sp³-hybridized carbons (Fsp3) is 0.476. The van der Waals surface area contributed by atoms with Crippen LogP contribution in [0.3, 0.4) is 0 Å². The molecule has 5 nitrogen and oxygen atoms in total. The molecular weight excluding hydrogens is 326 g/mol. The molecule has 2 aliphatic heterocycles. The highest BCUT2D eigenvalue weighted by Crippen LogP contribution is 2.39. The van der Waals surface area contributed by atoms with Crippen molar-refractivity contribution in [2.75, 3.05) is 33.3 Å². The van der Waals surface area contributed by atoms with Crippen molar-refractivity contribution in [3.05, 3.63) is 53.9 Å². The van der Waals surface area contributed by atoms with Gasteiger partial charge in [0.15, 0.2) is 0 Å². The van der Waals surface area contributed by atoms with Gasteiger partial charge in [-0.3, -0.25) is 9.69 Å². The van der Waals surface area contributed by atoms with E-state index in [2.05, 4.69) is 28.1 Å². The van der Waals surface area contributed by atoms with E-state index in [0.29, 0.717) is 5.69 Å². The van der Waals surface area contributed by atoms with Crippen LogP contribution >= 0.6 is 0 Å². The van der Waals surface area contributed by atoms with Gasteiger partial charge in [0.05, 0.1) is 7.11 Å². The van der Waals surface area contributed by atoms with Gasteiger partial charge in [0.1, 0.15) is 11.4 Å². The van der Waals surface area contributed by atoms with Crippen LogP contribution in [0.2, 0.25) is 0 Å². The number of amides is 1. The molecule has 1 aromatic carbocycles. The summed E-state index contributed by atoms with van der Waals surface area (Å²) in [6.07, 6.45) is 5.34. The van der Waals surface area contributed by atoms with Crippen LogP contribution < -0.4 is 4.74 Å². The standard InChI is InChI=1S/C21H27N3O2/c1-26-18-6-2-5-17(13-18)14-23-11-4-8-21(15-23)9-12-24(16-21)20(25)19-7-3-10-22-19/h2-3,5-7,10,13,22H,4,8-9,11-12,14-16H2,1H3. The molecule has 2 saturated heterocycles. The van der Waals surface area contributed by atoms with E-state index in [0.717, 1.165) is 44.9 Å². The number of hydrogen-bond donors (Lipinski definition) is 1. The third-order valence-electron chi connectivity index (χ3n) is 5.83. The Bertz CT molecular complexity index is 758. The van der Waals surface area contributed by atoms with Gasteiger partial charge in [-0.1, -0.05) is 12.1 Å². The van der Waals surface area contributed by atoms with Crippen molar-refractivity contribution >= 4 is 5.91 Å². The van der Waals surface area contributed by atoms with Gasteiger partial charge in [-0.05, 0) is 55.6 Å². The molecule has 0 saturated carbocycles. The van der Waals surface area contributed by atoms with E-state index in [4.69, 9.17) is 4.74 Å². The Morgan fingerprint density at radius 3 is 2.92 bits per heavy atom. The van der Waals surface area contributed by atoms with Gasteiger partial charge in [-0.15, -0.1) is 0 Å². The fourth-order valence-electron chi connectivity index (χ4n) is 4.55. The first-order valence-corrected chi connectivity index (χ1v) is 9.45. The zero-order valence-corrected chi connectivity index (χ0v) is 15.4. The normalized spacial score (nSPS) is 23.5. The second kappa shape index (κ2) is 7.16. The number of carbonyl (C=O) groups is 1. The molecule has 3 heterocycles.